The zero-order valence-corrected chi connectivity index (χ0v) is 21.6. The van der Waals surface area contributed by atoms with E-state index in [4.69, 9.17) is 16.9 Å². The fraction of sp³-hybridized carbons (Fsp3) is 0.400. The number of rotatable bonds is 10. The maximum absolute atomic E-state index is 13.0. The monoisotopic (exact) mass is 533 g/mol. The molecule has 1 fully saturated rings. The molecule has 2 amide bonds. The molecule has 35 heavy (non-hydrogen) atoms. The van der Waals surface area contributed by atoms with Crippen molar-refractivity contribution < 1.29 is 18.0 Å². The van der Waals surface area contributed by atoms with Crippen molar-refractivity contribution in [1.82, 2.24) is 10.6 Å². The summed E-state index contributed by atoms with van der Waals surface area (Å²) in [5, 5.41) is 14.7. The molecule has 7 nitrogen and oxygen atoms in total. The average molecular weight is 534 g/mol. The highest BCUT2D eigenvalue weighted by atomic mass is 35.5. The van der Waals surface area contributed by atoms with Crippen LogP contribution in [0.15, 0.2) is 58.3 Å². The second-order valence-corrected chi connectivity index (χ2v) is 11.9. The van der Waals surface area contributed by atoms with Crippen molar-refractivity contribution >= 4 is 45.0 Å². The molecular formula is C25H28ClN3O4S2. The molecule has 2 aromatic carbocycles. The first-order chi connectivity index (χ1) is 16.8. The Morgan fingerprint density at radius 2 is 1.77 bits per heavy atom. The number of hydrogen-bond acceptors (Lipinski definition) is 6. The summed E-state index contributed by atoms with van der Waals surface area (Å²) in [5.41, 5.74) is 0.838. The van der Waals surface area contributed by atoms with Crippen LogP contribution in [-0.2, 0) is 26.0 Å². The highest BCUT2D eigenvalue weighted by Gasteiger charge is 2.34. The van der Waals surface area contributed by atoms with E-state index in [1.165, 1.54) is 11.8 Å². The Labute approximate surface area is 215 Å². The Bertz CT molecular complexity index is 1180. The van der Waals surface area contributed by atoms with E-state index in [9.17, 15) is 18.0 Å². The average Bonchev–Trinajstić information content (AvgIpc) is 2.86. The molecule has 10 heteroatoms. The van der Waals surface area contributed by atoms with Gasteiger partial charge in [-0.1, -0.05) is 42.6 Å². The van der Waals surface area contributed by atoms with E-state index in [1.807, 2.05) is 24.3 Å². The van der Waals surface area contributed by atoms with Gasteiger partial charge in [0.05, 0.1) is 22.5 Å². The predicted molar refractivity (Wildman–Crippen MR) is 137 cm³/mol. The smallest absolute Gasteiger partial charge is 0.230 e. The molecule has 0 aromatic heterocycles. The van der Waals surface area contributed by atoms with Gasteiger partial charge in [0.15, 0.2) is 9.84 Å². The van der Waals surface area contributed by atoms with Crippen molar-refractivity contribution in [2.24, 2.45) is 11.8 Å². The Morgan fingerprint density at radius 3 is 2.49 bits per heavy atom. The normalized spacial score (nSPS) is 17.8. The number of amides is 2. The van der Waals surface area contributed by atoms with Crippen LogP contribution in [0, 0.1) is 23.2 Å². The van der Waals surface area contributed by atoms with Gasteiger partial charge in [-0.05, 0) is 54.7 Å². The number of benzene rings is 2. The number of nitrogens with zero attached hydrogens (tertiary/aromatic N) is 1. The summed E-state index contributed by atoms with van der Waals surface area (Å²) >= 11 is 7.42. The van der Waals surface area contributed by atoms with Crippen LogP contribution >= 0.6 is 23.4 Å². The van der Waals surface area contributed by atoms with E-state index in [0.29, 0.717) is 24.4 Å². The lowest BCUT2D eigenvalue weighted by Crippen LogP contribution is -2.39. The molecule has 186 valence electrons. The van der Waals surface area contributed by atoms with Crippen molar-refractivity contribution in [3.8, 4) is 6.07 Å². The topological polar surface area (TPSA) is 116 Å². The number of halogens is 1. The molecule has 2 aromatic rings. The third-order valence-electron chi connectivity index (χ3n) is 6.01. The molecule has 0 spiro atoms. The fourth-order valence-electron chi connectivity index (χ4n) is 4.17. The number of nitriles is 1. The minimum atomic E-state index is -3.58. The lowest BCUT2D eigenvalue weighted by molar-refractivity contribution is -0.127. The van der Waals surface area contributed by atoms with Gasteiger partial charge in [0.1, 0.15) is 6.54 Å². The van der Waals surface area contributed by atoms with E-state index in [2.05, 4.69) is 10.6 Å². The van der Waals surface area contributed by atoms with Gasteiger partial charge < -0.3 is 10.6 Å². The number of carbonyl (C=O) groups excluding carboxylic acids is 2. The van der Waals surface area contributed by atoms with Crippen molar-refractivity contribution in [3.05, 3.63) is 59.1 Å². The van der Waals surface area contributed by atoms with E-state index in [-0.39, 0.29) is 40.7 Å². The largest absolute Gasteiger partial charge is 0.351 e. The maximum atomic E-state index is 13.0. The minimum Gasteiger partial charge on any atom is -0.351 e. The Balaban J connectivity index is 1.54. The standard InChI is InChI=1S/C25H28ClN3O4S2/c26-23-8-4-2-5-18(23)15-29-24(30)16-34-20-9-11-21(12-10-20)35(32,33)17-19-6-1-3-7-22(19)25(31)28-14-13-27/h2,4-5,8-12,19,22H,1,3,6-7,14-17H2,(H,28,31)(H,29,30). The van der Waals surface area contributed by atoms with Crippen LogP contribution in [-0.4, -0.2) is 38.3 Å². The van der Waals surface area contributed by atoms with E-state index >= 15 is 0 Å². The summed E-state index contributed by atoms with van der Waals surface area (Å²) in [6.45, 7) is 0.263. The fourth-order valence-corrected chi connectivity index (χ4v) is 6.80. The second-order valence-electron chi connectivity index (χ2n) is 8.44. The number of hydrogen-bond donors (Lipinski definition) is 2. The molecule has 0 heterocycles. The SMILES string of the molecule is N#CCNC(=O)C1CCCCC1CS(=O)(=O)c1ccc(SCC(=O)NCc2ccccc2Cl)cc1. The molecule has 1 aliphatic carbocycles. The summed E-state index contributed by atoms with van der Waals surface area (Å²) < 4.78 is 26.1. The van der Waals surface area contributed by atoms with Crippen LogP contribution in [0.25, 0.3) is 0 Å². The van der Waals surface area contributed by atoms with Crippen LogP contribution in [0.1, 0.15) is 31.2 Å². The third-order valence-corrected chi connectivity index (χ3v) is 9.25. The van der Waals surface area contributed by atoms with Gasteiger partial charge in [-0.2, -0.15) is 5.26 Å². The van der Waals surface area contributed by atoms with Crippen LogP contribution in [0.2, 0.25) is 5.02 Å². The molecule has 0 aliphatic heterocycles. The Hall–Kier alpha value is -2.54. The van der Waals surface area contributed by atoms with Crippen LogP contribution in [0.5, 0.6) is 0 Å². The summed E-state index contributed by atoms with van der Waals surface area (Å²) in [7, 11) is -3.58. The molecule has 3 rings (SSSR count). The maximum Gasteiger partial charge on any atom is 0.230 e. The zero-order chi connectivity index (χ0) is 25.3. The summed E-state index contributed by atoms with van der Waals surface area (Å²) in [4.78, 5) is 25.6. The lowest BCUT2D eigenvalue weighted by Gasteiger charge is -2.30. The molecule has 2 N–H and O–H groups in total. The first-order valence-corrected chi connectivity index (χ1v) is 14.4. The zero-order valence-electron chi connectivity index (χ0n) is 19.2. The summed E-state index contributed by atoms with van der Waals surface area (Å²) in [6, 6.07) is 15.7. The molecule has 2 unspecified atom stereocenters. The van der Waals surface area contributed by atoms with Crippen molar-refractivity contribution in [2.45, 2.75) is 42.0 Å². The van der Waals surface area contributed by atoms with E-state index < -0.39 is 15.8 Å². The Kier molecular flexibility index (Phi) is 10.0. The highest BCUT2D eigenvalue weighted by Crippen LogP contribution is 2.33. The molecule has 0 radical (unpaired) electrons. The first kappa shape index (κ1) is 27.1. The summed E-state index contributed by atoms with van der Waals surface area (Å²) in [5.74, 6) is -0.975. The lowest BCUT2D eigenvalue weighted by atomic mass is 9.80. The van der Waals surface area contributed by atoms with Gasteiger partial charge >= 0.3 is 0 Å². The van der Waals surface area contributed by atoms with Gasteiger partial charge in [0.25, 0.3) is 0 Å². The van der Waals surface area contributed by atoms with Crippen LogP contribution in [0.3, 0.4) is 0 Å². The molecule has 0 saturated heterocycles. The van der Waals surface area contributed by atoms with Gasteiger partial charge in [0.2, 0.25) is 11.8 Å². The number of sulfone groups is 1. The minimum absolute atomic E-state index is 0.0774. The van der Waals surface area contributed by atoms with Crippen molar-refractivity contribution in [2.75, 3.05) is 18.1 Å². The number of thioether (sulfide) groups is 1. The van der Waals surface area contributed by atoms with Gasteiger partial charge in [-0.25, -0.2) is 8.42 Å². The third kappa shape index (κ3) is 7.99. The predicted octanol–water partition coefficient (Wildman–Crippen LogP) is 3.97. The number of nitrogens with one attached hydrogen (secondary N) is 2. The Morgan fingerprint density at radius 1 is 1.06 bits per heavy atom. The quantitative estimate of drug-likeness (QED) is 0.352. The molecule has 2 atom stereocenters. The van der Waals surface area contributed by atoms with Gasteiger partial charge in [-0.3, -0.25) is 9.59 Å². The van der Waals surface area contributed by atoms with Crippen molar-refractivity contribution in [1.29, 1.82) is 5.26 Å². The van der Waals surface area contributed by atoms with Crippen molar-refractivity contribution in [3.63, 3.8) is 0 Å². The molecule has 1 saturated carbocycles. The summed E-state index contributed by atoms with van der Waals surface area (Å²) in [6.07, 6.45) is 3.06. The van der Waals surface area contributed by atoms with Gasteiger partial charge in [0, 0.05) is 22.4 Å². The van der Waals surface area contributed by atoms with Crippen LogP contribution < -0.4 is 10.6 Å². The van der Waals surface area contributed by atoms with Crippen LogP contribution in [0.4, 0.5) is 0 Å². The molecular weight excluding hydrogens is 506 g/mol. The highest BCUT2D eigenvalue weighted by molar-refractivity contribution is 8.00. The number of carbonyl (C=O) groups is 2. The van der Waals surface area contributed by atoms with E-state index in [1.54, 1.807) is 30.3 Å². The molecule has 1 aliphatic rings. The second kappa shape index (κ2) is 13.0. The first-order valence-electron chi connectivity index (χ1n) is 11.4. The van der Waals surface area contributed by atoms with Gasteiger partial charge in [-0.15, -0.1) is 11.8 Å². The molecule has 0 bridgehead atoms. The van der Waals surface area contributed by atoms with E-state index in [0.717, 1.165) is 23.3 Å².